The van der Waals surface area contributed by atoms with Crippen LogP contribution in [0.3, 0.4) is 0 Å². The van der Waals surface area contributed by atoms with Crippen molar-refractivity contribution in [2.24, 2.45) is 0 Å². The van der Waals surface area contributed by atoms with Gasteiger partial charge in [0.1, 0.15) is 0 Å². The summed E-state index contributed by atoms with van der Waals surface area (Å²) in [4.78, 5) is 34.5. The van der Waals surface area contributed by atoms with Gasteiger partial charge in [0.2, 0.25) is 0 Å². The number of hydrogen-bond donors (Lipinski definition) is 4. The van der Waals surface area contributed by atoms with Gasteiger partial charge >= 0.3 is 22.6 Å². The van der Waals surface area contributed by atoms with Crippen molar-refractivity contribution in [2.75, 3.05) is 0 Å². The van der Waals surface area contributed by atoms with Crippen molar-refractivity contribution in [3.05, 3.63) is 31.5 Å². The molecule has 0 radical (unpaired) electrons. The van der Waals surface area contributed by atoms with Crippen molar-refractivity contribution >= 4 is 10.4 Å². The Kier molecular flexibility index (Phi) is 2.64. The lowest BCUT2D eigenvalue weighted by Crippen LogP contribution is -2.53. The number of rotatable bonds is 1. The Morgan fingerprint density at radius 3 is 1.81 bits per heavy atom. The van der Waals surface area contributed by atoms with E-state index >= 15 is 0 Å². The molecule has 1 aromatic rings. The first-order valence-corrected chi connectivity index (χ1v) is 5.05. The minimum atomic E-state index is -6.23. The summed E-state index contributed by atoms with van der Waals surface area (Å²) in [7, 11) is -6.23. The molecule has 0 fully saturated rings. The Morgan fingerprint density at radius 2 is 1.50 bits per heavy atom. The highest BCUT2D eigenvalue weighted by molar-refractivity contribution is 7.97. The van der Waals surface area contributed by atoms with Crippen LogP contribution in [-0.4, -0.2) is 28.2 Å². The molecule has 0 aromatic carbocycles. The zero-order chi connectivity index (χ0) is 12.7. The van der Waals surface area contributed by atoms with E-state index in [2.05, 4.69) is 0 Å². The van der Waals surface area contributed by atoms with Crippen LogP contribution >= 0.6 is 0 Å². The standard InChI is InChI=1S/C4H4F3N3O5S/c5-4(6,7)16(14,15)10-2(12)8-1(11)9-3(10)13/h16H,(H,14,15)(H2,8,9,11,12,13). The zero-order valence-corrected chi connectivity index (χ0v) is 8.00. The van der Waals surface area contributed by atoms with Gasteiger partial charge in [0.25, 0.3) is 0 Å². The summed E-state index contributed by atoms with van der Waals surface area (Å²) in [5.74, 6) is 0. The van der Waals surface area contributed by atoms with Crippen molar-refractivity contribution < 1.29 is 21.9 Å². The van der Waals surface area contributed by atoms with Gasteiger partial charge < -0.3 is 0 Å². The average molecular weight is 263 g/mol. The smallest absolute Gasteiger partial charge is 0.281 e. The van der Waals surface area contributed by atoms with Gasteiger partial charge in [0.05, 0.1) is 0 Å². The molecule has 12 heteroatoms. The molecule has 0 aliphatic rings. The number of nitrogens with zero attached hydrogens (tertiary/aromatic N) is 1. The summed E-state index contributed by atoms with van der Waals surface area (Å²) in [5.41, 5.74) is -10.9. The van der Waals surface area contributed by atoms with E-state index in [1.165, 1.54) is 9.97 Å². The molecule has 0 aliphatic heterocycles. The Labute approximate surface area is 84.1 Å². The van der Waals surface area contributed by atoms with Crippen molar-refractivity contribution in [1.82, 2.24) is 13.9 Å². The van der Waals surface area contributed by atoms with E-state index in [1.54, 1.807) is 0 Å². The summed E-state index contributed by atoms with van der Waals surface area (Å²) < 4.78 is 54.7. The predicted molar refractivity (Wildman–Crippen MR) is 45.6 cm³/mol. The second kappa shape index (κ2) is 3.41. The molecular weight excluding hydrogens is 259 g/mol. The third-order valence-electron chi connectivity index (χ3n) is 1.43. The van der Waals surface area contributed by atoms with Gasteiger partial charge in [-0.05, 0) is 10.4 Å². The van der Waals surface area contributed by atoms with Crippen LogP contribution in [0.5, 0.6) is 0 Å². The lowest BCUT2D eigenvalue weighted by atomic mass is 11.0. The molecule has 1 heterocycles. The van der Waals surface area contributed by atoms with E-state index in [9.17, 15) is 31.8 Å². The Morgan fingerprint density at radius 1 is 1.12 bits per heavy atom. The number of nitrogens with one attached hydrogen (secondary N) is 2. The van der Waals surface area contributed by atoms with E-state index < -0.39 is 36.9 Å². The van der Waals surface area contributed by atoms with E-state index in [4.69, 9.17) is 4.55 Å². The predicted octanol–water partition coefficient (Wildman–Crippen LogP) is -2.00. The number of halogens is 3. The monoisotopic (exact) mass is 263 g/mol. The van der Waals surface area contributed by atoms with Gasteiger partial charge in [0, 0.05) is 0 Å². The summed E-state index contributed by atoms with van der Waals surface area (Å²) in [6.07, 6.45) is 0. The van der Waals surface area contributed by atoms with Crippen molar-refractivity contribution in [2.45, 2.75) is 5.51 Å². The fourth-order valence-corrected chi connectivity index (χ4v) is 1.60. The van der Waals surface area contributed by atoms with Crippen LogP contribution in [0.15, 0.2) is 14.4 Å². The van der Waals surface area contributed by atoms with Gasteiger partial charge in [-0.1, -0.05) is 0 Å². The van der Waals surface area contributed by atoms with Crippen LogP contribution in [0.2, 0.25) is 0 Å². The molecule has 1 aromatic heterocycles. The maximum Gasteiger partial charge on any atom is 0.507 e. The molecule has 0 aliphatic carbocycles. The molecule has 1 rings (SSSR count). The van der Waals surface area contributed by atoms with Crippen LogP contribution in [0.1, 0.15) is 0 Å². The fourth-order valence-electron chi connectivity index (χ4n) is 0.783. The number of hydrogen-bond acceptors (Lipinski definition) is 4. The van der Waals surface area contributed by atoms with Gasteiger partial charge in [-0.3, -0.25) is 14.5 Å². The highest BCUT2D eigenvalue weighted by Gasteiger charge is 2.43. The SMILES string of the molecule is O=c1[nH]c(=O)n([SH](=O)(O)C(F)(F)F)c(=O)[nH]1. The highest BCUT2D eigenvalue weighted by atomic mass is 32.3. The first-order valence-electron chi connectivity index (χ1n) is 3.43. The fraction of sp³-hybridized carbons (Fsp3) is 0.250. The topological polar surface area (TPSA) is 125 Å². The molecule has 92 valence electrons. The number of aromatic nitrogens is 3. The van der Waals surface area contributed by atoms with Crippen molar-refractivity contribution in [3.63, 3.8) is 0 Å². The molecule has 16 heavy (non-hydrogen) atoms. The molecule has 0 bridgehead atoms. The third-order valence-corrected chi connectivity index (χ3v) is 2.99. The quantitative estimate of drug-likeness (QED) is 0.436. The molecule has 0 unspecified atom stereocenters. The molecule has 0 saturated carbocycles. The number of aromatic amines is 2. The summed E-state index contributed by atoms with van der Waals surface area (Å²) in [5, 5.41) is 0. The average Bonchev–Trinajstić information content (AvgIpc) is 1.97. The van der Waals surface area contributed by atoms with Crippen LogP contribution < -0.4 is 17.1 Å². The van der Waals surface area contributed by atoms with E-state index in [-0.39, 0.29) is 0 Å². The van der Waals surface area contributed by atoms with Crippen molar-refractivity contribution in [3.8, 4) is 0 Å². The van der Waals surface area contributed by atoms with Crippen LogP contribution in [0.4, 0.5) is 13.2 Å². The highest BCUT2D eigenvalue weighted by Crippen LogP contribution is 2.27. The van der Waals surface area contributed by atoms with Gasteiger partial charge in [0.15, 0.2) is 0 Å². The number of thiol groups is 1. The minimum absolute atomic E-state index is 0.978. The molecule has 0 saturated heterocycles. The van der Waals surface area contributed by atoms with Gasteiger partial charge in [-0.15, -0.1) is 3.97 Å². The lowest BCUT2D eigenvalue weighted by molar-refractivity contribution is -0.0505. The normalized spacial score (nSPS) is 13.8. The summed E-state index contributed by atoms with van der Waals surface area (Å²) >= 11 is 0. The largest absolute Gasteiger partial charge is 0.507 e. The second-order valence-corrected chi connectivity index (χ2v) is 4.51. The molecule has 3 N–H and O–H groups in total. The number of H-pyrrole nitrogens is 2. The van der Waals surface area contributed by atoms with Crippen LogP contribution in [0, 0.1) is 0 Å². The van der Waals surface area contributed by atoms with Crippen molar-refractivity contribution in [1.29, 1.82) is 0 Å². The Hall–Kier alpha value is -1.69. The third kappa shape index (κ3) is 1.83. The minimum Gasteiger partial charge on any atom is -0.281 e. The van der Waals surface area contributed by atoms with E-state index in [0.29, 0.717) is 0 Å². The van der Waals surface area contributed by atoms with E-state index in [0.717, 1.165) is 0 Å². The van der Waals surface area contributed by atoms with Gasteiger partial charge in [-0.2, -0.15) is 17.4 Å². The van der Waals surface area contributed by atoms with Gasteiger partial charge in [-0.25, -0.2) is 14.4 Å². The zero-order valence-electron chi connectivity index (χ0n) is 7.11. The molecule has 0 atom stereocenters. The first kappa shape index (κ1) is 12.4. The molecule has 8 nitrogen and oxygen atoms in total. The number of alkyl halides is 3. The lowest BCUT2D eigenvalue weighted by Gasteiger charge is -2.25. The summed E-state index contributed by atoms with van der Waals surface area (Å²) in [6, 6.07) is 0. The van der Waals surface area contributed by atoms with Crippen LogP contribution in [0.25, 0.3) is 0 Å². The van der Waals surface area contributed by atoms with E-state index in [1.807, 2.05) is 0 Å². The van der Waals surface area contributed by atoms with Crippen LogP contribution in [-0.2, 0) is 10.4 Å². The maximum atomic E-state index is 12.1. The first-order chi connectivity index (χ1) is 7.07. The summed E-state index contributed by atoms with van der Waals surface area (Å²) in [6.45, 7) is 0. The molecule has 0 spiro atoms. The maximum absolute atomic E-state index is 12.1. The molecular formula is C4H4F3N3O5S. The Balaban J connectivity index is 3.73. The second-order valence-electron chi connectivity index (χ2n) is 2.51. The molecule has 0 amide bonds. The Bertz CT molecular complexity index is 589.